The van der Waals surface area contributed by atoms with Crippen molar-refractivity contribution in [2.45, 2.75) is 23.5 Å². The van der Waals surface area contributed by atoms with Crippen LogP contribution in [0.3, 0.4) is 0 Å². The third-order valence-corrected chi connectivity index (χ3v) is 4.77. The molecule has 0 aliphatic carbocycles. The minimum absolute atomic E-state index is 0.157. The fraction of sp³-hybridized carbons (Fsp3) is 0.143. The maximum Gasteiger partial charge on any atom is 0.303 e. The highest BCUT2D eigenvalue weighted by Gasteiger charge is 2.04. The van der Waals surface area contributed by atoms with Gasteiger partial charge < -0.3 is 9.52 Å². The number of carbonyl (C=O) groups is 1. The van der Waals surface area contributed by atoms with Gasteiger partial charge in [-0.3, -0.25) is 4.79 Å². The summed E-state index contributed by atoms with van der Waals surface area (Å²) < 4.78 is 5.48. The van der Waals surface area contributed by atoms with Gasteiger partial charge >= 0.3 is 5.97 Å². The van der Waals surface area contributed by atoms with Gasteiger partial charge in [-0.1, -0.05) is 42.5 Å². The van der Waals surface area contributed by atoms with Gasteiger partial charge in [0.1, 0.15) is 6.26 Å². The summed E-state index contributed by atoms with van der Waals surface area (Å²) >= 11 is 1.67. The van der Waals surface area contributed by atoms with Crippen molar-refractivity contribution >= 4 is 29.9 Å². The lowest BCUT2D eigenvalue weighted by Crippen LogP contribution is -1.97. The number of carboxylic acid groups (broad SMARTS) is 1. The van der Waals surface area contributed by atoms with Gasteiger partial charge in [0.2, 0.25) is 5.89 Å². The fourth-order valence-corrected chi connectivity index (χ4v) is 3.13. The third kappa shape index (κ3) is 5.63. The zero-order valence-electron chi connectivity index (χ0n) is 14.2. The van der Waals surface area contributed by atoms with Crippen LogP contribution in [0.25, 0.3) is 12.2 Å². The SMILES string of the molecule is O=C(O)CCc1ccc(SCc2coc(/C=C/c3ccccc3)n2)cc1. The highest BCUT2D eigenvalue weighted by Crippen LogP contribution is 2.23. The molecule has 0 fully saturated rings. The summed E-state index contributed by atoms with van der Waals surface area (Å²) in [6, 6.07) is 18.0. The first-order valence-corrected chi connectivity index (χ1v) is 9.29. The van der Waals surface area contributed by atoms with E-state index in [2.05, 4.69) is 4.98 Å². The highest BCUT2D eigenvalue weighted by molar-refractivity contribution is 7.98. The zero-order chi connectivity index (χ0) is 18.2. The van der Waals surface area contributed by atoms with Crippen molar-refractivity contribution in [3.63, 3.8) is 0 Å². The van der Waals surface area contributed by atoms with E-state index in [4.69, 9.17) is 9.52 Å². The van der Waals surface area contributed by atoms with Crippen LogP contribution in [-0.2, 0) is 17.0 Å². The van der Waals surface area contributed by atoms with Crippen LogP contribution in [0.2, 0.25) is 0 Å². The highest BCUT2D eigenvalue weighted by atomic mass is 32.2. The lowest BCUT2D eigenvalue weighted by Gasteiger charge is -2.02. The molecule has 0 amide bonds. The average molecular weight is 365 g/mol. The Hall–Kier alpha value is -2.79. The van der Waals surface area contributed by atoms with Crippen molar-refractivity contribution in [1.29, 1.82) is 0 Å². The predicted octanol–water partition coefficient (Wildman–Crippen LogP) is 5.15. The van der Waals surface area contributed by atoms with Gasteiger partial charge in [-0.2, -0.15) is 0 Å². The van der Waals surface area contributed by atoms with E-state index in [0.717, 1.165) is 27.5 Å². The Labute approximate surface area is 156 Å². The first-order chi connectivity index (χ1) is 12.7. The number of nitrogens with zero attached hydrogens (tertiary/aromatic N) is 1. The number of benzene rings is 2. The summed E-state index contributed by atoms with van der Waals surface area (Å²) in [5.41, 5.74) is 3.02. The van der Waals surface area contributed by atoms with Crippen LogP contribution in [0, 0.1) is 0 Å². The molecule has 1 N–H and O–H groups in total. The fourth-order valence-electron chi connectivity index (χ4n) is 2.36. The summed E-state index contributed by atoms with van der Waals surface area (Å²) in [6.45, 7) is 0. The van der Waals surface area contributed by atoms with Crippen molar-refractivity contribution in [1.82, 2.24) is 4.98 Å². The van der Waals surface area contributed by atoms with Crippen LogP contribution >= 0.6 is 11.8 Å². The number of hydrogen-bond donors (Lipinski definition) is 1. The molecule has 5 heteroatoms. The summed E-state index contributed by atoms with van der Waals surface area (Å²) in [5.74, 6) is 0.539. The molecule has 1 heterocycles. The van der Waals surface area contributed by atoms with Crippen molar-refractivity contribution in [2.75, 3.05) is 0 Å². The molecular formula is C21H19NO3S. The predicted molar refractivity (Wildman–Crippen MR) is 104 cm³/mol. The molecule has 0 aliphatic rings. The molecule has 132 valence electrons. The van der Waals surface area contributed by atoms with Crippen molar-refractivity contribution in [2.24, 2.45) is 0 Å². The minimum atomic E-state index is -0.772. The number of hydrogen-bond acceptors (Lipinski definition) is 4. The summed E-state index contributed by atoms with van der Waals surface area (Å²) in [5, 5.41) is 8.72. The van der Waals surface area contributed by atoms with Crippen LogP contribution in [0.1, 0.15) is 29.1 Å². The maximum atomic E-state index is 10.6. The van der Waals surface area contributed by atoms with Crippen molar-refractivity contribution < 1.29 is 14.3 Å². The first-order valence-electron chi connectivity index (χ1n) is 8.30. The van der Waals surface area contributed by atoms with E-state index in [0.29, 0.717) is 12.3 Å². The zero-order valence-corrected chi connectivity index (χ0v) is 15.0. The number of aliphatic carboxylic acids is 1. The van der Waals surface area contributed by atoms with Crippen LogP contribution < -0.4 is 0 Å². The van der Waals surface area contributed by atoms with Gasteiger partial charge in [0.05, 0.1) is 5.69 Å². The van der Waals surface area contributed by atoms with Gasteiger partial charge in [0, 0.05) is 23.1 Å². The Bertz CT molecular complexity index is 870. The van der Waals surface area contributed by atoms with E-state index in [1.54, 1.807) is 18.0 Å². The topological polar surface area (TPSA) is 63.3 Å². The largest absolute Gasteiger partial charge is 0.481 e. The second kappa shape index (κ2) is 9.06. The molecule has 26 heavy (non-hydrogen) atoms. The lowest BCUT2D eigenvalue weighted by molar-refractivity contribution is -0.136. The maximum absolute atomic E-state index is 10.6. The molecule has 0 unspecified atom stereocenters. The summed E-state index contributed by atoms with van der Waals surface area (Å²) in [7, 11) is 0. The molecule has 2 aromatic carbocycles. The Morgan fingerprint density at radius 1 is 1.08 bits per heavy atom. The molecule has 0 bridgehead atoms. The molecule has 4 nitrogen and oxygen atoms in total. The molecule has 0 saturated carbocycles. The second-order valence-electron chi connectivity index (χ2n) is 5.75. The number of thioether (sulfide) groups is 1. The van der Waals surface area contributed by atoms with Crippen LogP contribution in [0.4, 0.5) is 0 Å². The number of carboxylic acids is 1. The molecule has 0 atom stereocenters. The van der Waals surface area contributed by atoms with E-state index >= 15 is 0 Å². The smallest absolute Gasteiger partial charge is 0.303 e. The molecule has 1 aromatic heterocycles. The Morgan fingerprint density at radius 3 is 2.58 bits per heavy atom. The number of rotatable bonds is 8. The minimum Gasteiger partial charge on any atom is -0.481 e. The summed E-state index contributed by atoms with van der Waals surface area (Å²) in [6.07, 6.45) is 6.23. The molecule has 0 aliphatic heterocycles. The van der Waals surface area contributed by atoms with Gasteiger partial charge in [-0.15, -0.1) is 11.8 Å². The monoisotopic (exact) mass is 365 g/mol. The Kier molecular flexibility index (Phi) is 6.28. The Morgan fingerprint density at radius 2 is 1.85 bits per heavy atom. The number of aromatic nitrogens is 1. The van der Waals surface area contributed by atoms with E-state index in [1.165, 1.54) is 0 Å². The molecule has 0 spiro atoms. The normalized spacial score (nSPS) is 11.1. The van der Waals surface area contributed by atoms with Crippen LogP contribution in [0.15, 0.2) is 70.2 Å². The van der Waals surface area contributed by atoms with Gasteiger partial charge in [-0.25, -0.2) is 4.98 Å². The van der Waals surface area contributed by atoms with E-state index in [1.807, 2.05) is 66.7 Å². The van der Waals surface area contributed by atoms with E-state index in [-0.39, 0.29) is 6.42 Å². The standard InChI is InChI=1S/C21H19NO3S/c23-21(24)13-9-17-6-10-19(11-7-17)26-15-18-14-25-20(22-18)12-8-16-4-2-1-3-5-16/h1-8,10-12,14H,9,13,15H2,(H,23,24)/b12-8+. The third-order valence-electron chi connectivity index (χ3n) is 3.73. The first kappa shape index (κ1) is 18.0. The van der Waals surface area contributed by atoms with Crippen molar-refractivity contribution in [3.05, 3.63) is 83.6 Å². The molecule has 0 radical (unpaired) electrons. The number of oxazole rings is 1. The summed E-state index contributed by atoms with van der Waals surface area (Å²) in [4.78, 5) is 16.2. The van der Waals surface area contributed by atoms with Crippen LogP contribution in [0.5, 0.6) is 0 Å². The van der Waals surface area contributed by atoms with Gasteiger partial charge in [0.15, 0.2) is 0 Å². The molecular weight excluding hydrogens is 346 g/mol. The average Bonchev–Trinajstić information content (AvgIpc) is 3.12. The quantitative estimate of drug-likeness (QED) is 0.559. The van der Waals surface area contributed by atoms with Gasteiger partial charge in [0.25, 0.3) is 0 Å². The van der Waals surface area contributed by atoms with Gasteiger partial charge in [-0.05, 0) is 35.8 Å². The van der Waals surface area contributed by atoms with Crippen LogP contribution in [-0.4, -0.2) is 16.1 Å². The molecule has 3 aromatic rings. The number of aryl methyl sites for hydroxylation is 1. The lowest BCUT2D eigenvalue weighted by atomic mass is 10.1. The van der Waals surface area contributed by atoms with E-state index in [9.17, 15) is 4.79 Å². The van der Waals surface area contributed by atoms with E-state index < -0.39 is 5.97 Å². The second-order valence-corrected chi connectivity index (χ2v) is 6.80. The molecule has 0 saturated heterocycles. The molecule has 3 rings (SSSR count). The van der Waals surface area contributed by atoms with Crippen molar-refractivity contribution in [3.8, 4) is 0 Å². The Balaban J connectivity index is 1.51.